The van der Waals surface area contributed by atoms with E-state index in [4.69, 9.17) is 0 Å². The molecule has 1 amide bonds. The summed E-state index contributed by atoms with van der Waals surface area (Å²) in [5.74, 6) is -0.416. The molecule has 0 aromatic heterocycles. The molecule has 2 N–H and O–H groups in total. The van der Waals surface area contributed by atoms with E-state index in [0.717, 1.165) is 16.7 Å². The molecule has 0 aliphatic carbocycles. The van der Waals surface area contributed by atoms with Crippen LogP contribution in [0.2, 0.25) is 0 Å². The van der Waals surface area contributed by atoms with Crippen LogP contribution >= 0.6 is 0 Å². The number of nitrogens with one attached hydrogen (secondary N) is 1. The molecule has 0 spiro atoms. The molecule has 0 saturated carbocycles. The molecule has 113 valence electrons. The second-order valence-electron chi connectivity index (χ2n) is 5.65. The number of carbonyl (C=O) groups excluding carboxylic acids is 1. The molecule has 0 fully saturated rings. The van der Waals surface area contributed by atoms with Gasteiger partial charge in [-0.25, -0.2) is 0 Å². The number of anilines is 1. The zero-order valence-electron chi connectivity index (χ0n) is 13.2. The van der Waals surface area contributed by atoms with Gasteiger partial charge in [0.2, 0.25) is 5.91 Å². The van der Waals surface area contributed by atoms with Gasteiger partial charge in [-0.3, -0.25) is 4.79 Å². The van der Waals surface area contributed by atoms with Crippen LogP contribution in [-0.4, -0.2) is 16.6 Å². The molecule has 1 atom stereocenters. The summed E-state index contributed by atoms with van der Waals surface area (Å²) in [5, 5.41) is 13.1. The van der Waals surface area contributed by atoms with E-state index in [1.54, 1.807) is 12.1 Å². The van der Waals surface area contributed by atoms with E-state index in [0.29, 0.717) is 5.69 Å². The van der Waals surface area contributed by atoms with Crippen molar-refractivity contribution in [3.05, 3.63) is 65.2 Å². The second-order valence-corrected chi connectivity index (χ2v) is 5.65. The van der Waals surface area contributed by atoms with Crippen molar-refractivity contribution in [1.82, 2.24) is 0 Å². The number of aliphatic hydroxyl groups is 1. The maximum Gasteiger partial charge on any atom is 0.245 e. The molecule has 1 radical (unpaired) electrons. The van der Waals surface area contributed by atoms with Gasteiger partial charge in [-0.05, 0) is 19.4 Å². The first-order valence-corrected chi connectivity index (χ1v) is 6.94. The Kier molecular flexibility index (Phi) is 6.92. The average molecular weight is 371 g/mol. The van der Waals surface area contributed by atoms with E-state index in [-0.39, 0.29) is 39.1 Å². The number of carbonyl (C=O) groups is 1. The summed E-state index contributed by atoms with van der Waals surface area (Å²) in [6.07, 6.45) is 0.273. The van der Waals surface area contributed by atoms with Crippen LogP contribution in [0.4, 0.5) is 5.69 Å². The normalized spacial score (nSPS) is 12.9. The minimum atomic E-state index is -1.46. The first-order chi connectivity index (χ1) is 9.87. The third-order valence-corrected chi connectivity index (χ3v) is 3.38. The Bertz CT molecular complexity index is 619. The van der Waals surface area contributed by atoms with E-state index < -0.39 is 11.5 Å². The Balaban J connectivity index is 0.00000242. The fraction of sp³-hybridized carbons (Fsp3) is 0.278. The molecular weight excluding hydrogens is 351 g/mol. The minimum absolute atomic E-state index is 0. The van der Waals surface area contributed by atoms with Gasteiger partial charge in [0, 0.05) is 39.1 Å². The van der Waals surface area contributed by atoms with Crippen LogP contribution in [0.5, 0.6) is 0 Å². The van der Waals surface area contributed by atoms with E-state index in [1.165, 1.54) is 6.92 Å². The molecule has 0 heterocycles. The third kappa shape index (κ3) is 5.31. The smallest absolute Gasteiger partial charge is 0.245 e. The Morgan fingerprint density at radius 3 is 2.36 bits per heavy atom. The molecule has 3 nitrogen and oxygen atoms in total. The number of amides is 1. The van der Waals surface area contributed by atoms with Crippen LogP contribution in [0, 0.1) is 19.9 Å². The summed E-state index contributed by atoms with van der Waals surface area (Å²) < 4.78 is 0. The van der Waals surface area contributed by atoms with Crippen LogP contribution in [-0.2, 0) is 43.9 Å². The summed E-state index contributed by atoms with van der Waals surface area (Å²) in [4.78, 5) is 12.2. The van der Waals surface area contributed by atoms with Crippen LogP contribution in [0.1, 0.15) is 23.6 Å². The number of benzene rings is 2. The first kappa shape index (κ1) is 19.0. The molecule has 2 aromatic rings. The van der Waals surface area contributed by atoms with Crippen molar-refractivity contribution in [2.24, 2.45) is 0 Å². The van der Waals surface area contributed by atoms with Crippen molar-refractivity contribution in [3.8, 4) is 0 Å². The van der Waals surface area contributed by atoms with Gasteiger partial charge in [-0.1, -0.05) is 42.4 Å². The fourth-order valence-corrected chi connectivity index (χ4v) is 2.03. The van der Waals surface area contributed by atoms with Crippen LogP contribution in [0.15, 0.2) is 42.5 Å². The van der Waals surface area contributed by atoms with E-state index in [2.05, 4.69) is 11.4 Å². The summed E-state index contributed by atoms with van der Waals surface area (Å²) in [7, 11) is 0. The van der Waals surface area contributed by atoms with Gasteiger partial charge in [0.25, 0.3) is 0 Å². The zero-order valence-corrected chi connectivity index (χ0v) is 16.0. The fourth-order valence-electron chi connectivity index (χ4n) is 2.03. The van der Waals surface area contributed by atoms with E-state index in [9.17, 15) is 9.90 Å². The van der Waals surface area contributed by atoms with Crippen LogP contribution in [0.25, 0.3) is 0 Å². The monoisotopic (exact) mass is 371 g/mol. The molecule has 0 aliphatic heterocycles. The van der Waals surface area contributed by atoms with Crippen molar-refractivity contribution in [2.45, 2.75) is 32.8 Å². The minimum Gasteiger partial charge on any atom is -0.380 e. The Labute approximate surface area is 157 Å². The molecule has 0 aliphatic rings. The molecular formula is C18H20NO2Y-. The largest absolute Gasteiger partial charge is 0.380 e. The van der Waals surface area contributed by atoms with Gasteiger partial charge < -0.3 is 10.4 Å². The van der Waals surface area contributed by atoms with Crippen LogP contribution in [0.3, 0.4) is 0 Å². The Morgan fingerprint density at radius 1 is 1.18 bits per heavy atom. The van der Waals surface area contributed by atoms with Crippen molar-refractivity contribution < 1.29 is 42.6 Å². The molecule has 4 heteroatoms. The van der Waals surface area contributed by atoms with Crippen molar-refractivity contribution in [2.75, 3.05) is 5.32 Å². The Morgan fingerprint density at radius 2 is 1.82 bits per heavy atom. The predicted molar refractivity (Wildman–Crippen MR) is 84.2 cm³/mol. The molecule has 0 unspecified atom stereocenters. The number of aryl methyl sites for hydroxylation is 2. The summed E-state index contributed by atoms with van der Waals surface area (Å²) >= 11 is 0. The number of hydrogen-bond donors (Lipinski definition) is 2. The maximum absolute atomic E-state index is 12.2. The molecule has 2 rings (SSSR count). The predicted octanol–water partition coefficient (Wildman–Crippen LogP) is 3.03. The Hall–Kier alpha value is -1.03. The van der Waals surface area contributed by atoms with E-state index >= 15 is 0 Å². The summed E-state index contributed by atoms with van der Waals surface area (Å²) in [6.45, 7) is 5.46. The number of rotatable bonds is 4. The maximum atomic E-state index is 12.2. The van der Waals surface area contributed by atoms with Crippen molar-refractivity contribution >= 4 is 11.6 Å². The summed E-state index contributed by atoms with van der Waals surface area (Å²) in [6, 6.07) is 16.2. The van der Waals surface area contributed by atoms with Gasteiger partial charge in [-0.15, -0.1) is 6.07 Å². The van der Waals surface area contributed by atoms with Gasteiger partial charge >= 0.3 is 0 Å². The topological polar surface area (TPSA) is 49.3 Å². The van der Waals surface area contributed by atoms with Gasteiger partial charge in [0.15, 0.2) is 0 Å². The molecule has 0 saturated heterocycles. The van der Waals surface area contributed by atoms with E-state index in [1.807, 2.05) is 44.2 Å². The van der Waals surface area contributed by atoms with Crippen molar-refractivity contribution in [3.63, 3.8) is 0 Å². The molecule has 2 aromatic carbocycles. The number of hydrogen-bond acceptors (Lipinski definition) is 2. The van der Waals surface area contributed by atoms with Crippen molar-refractivity contribution in [1.29, 1.82) is 0 Å². The van der Waals surface area contributed by atoms with Gasteiger partial charge in [-0.2, -0.15) is 23.8 Å². The van der Waals surface area contributed by atoms with Gasteiger partial charge in [0.05, 0.1) is 0 Å². The second kappa shape index (κ2) is 8.00. The standard InChI is InChI=1S/C18H20NO2.Y/c1-13-4-8-15(9-5-13)12-18(3,21)17(20)19-16-10-6-14(2)7-11-16;/h4-6,8-11,21H,12H2,1-3H3,(H,19,20);/q-1;/t18-;/m0./s1. The van der Waals surface area contributed by atoms with Crippen LogP contribution < -0.4 is 5.32 Å². The quantitative estimate of drug-likeness (QED) is 0.812. The first-order valence-electron chi connectivity index (χ1n) is 6.94. The zero-order chi connectivity index (χ0) is 15.5. The molecule has 22 heavy (non-hydrogen) atoms. The third-order valence-electron chi connectivity index (χ3n) is 3.38. The van der Waals surface area contributed by atoms with Gasteiger partial charge in [0.1, 0.15) is 5.60 Å². The molecule has 0 bridgehead atoms. The SMILES string of the molecule is Cc1[c-]cc(NC(=O)[C@@](C)(O)Cc2ccc(C)cc2)cc1.[Y]. The summed E-state index contributed by atoms with van der Waals surface area (Å²) in [5.41, 5.74) is 2.25. The average Bonchev–Trinajstić information content (AvgIpc) is 2.43.